The van der Waals surface area contributed by atoms with Crippen molar-refractivity contribution in [1.29, 1.82) is 0 Å². The van der Waals surface area contributed by atoms with E-state index < -0.39 is 0 Å². The lowest BCUT2D eigenvalue weighted by molar-refractivity contribution is 1.24. The molecular formula is C31H18N4. The third-order valence-electron chi connectivity index (χ3n) is 7.87. The minimum absolute atomic E-state index is 0.895. The maximum Gasteiger partial charge on any atom is 0.165 e. The summed E-state index contributed by atoms with van der Waals surface area (Å²) in [6.07, 6.45) is 5.65. The molecule has 0 fully saturated rings. The molecule has 0 aliphatic heterocycles. The number of pyridine rings is 3. The average molecular weight is 447 g/mol. The monoisotopic (exact) mass is 446 g/mol. The van der Waals surface area contributed by atoms with Crippen molar-refractivity contribution >= 4 is 38.6 Å². The Hall–Kier alpha value is -4.57. The zero-order chi connectivity index (χ0) is 22.7. The summed E-state index contributed by atoms with van der Waals surface area (Å²) in [4.78, 5) is 14.6. The Morgan fingerprint density at radius 3 is 2.40 bits per heavy atom. The molecule has 0 atom stereocenters. The van der Waals surface area contributed by atoms with Crippen LogP contribution in [0, 0.1) is 0 Å². The smallest absolute Gasteiger partial charge is 0.165 e. The molecule has 4 heteroatoms. The highest BCUT2D eigenvalue weighted by molar-refractivity contribution is 6.12. The van der Waals surface area contributed by atoms with Gasteiger partial charge in [-0.25, -0.2) is 4.98 Å². The molecule has 0 bridgehead atoms. The molecule has 0 saturated carbocycles. The number of aromatic nitrogens is 4. The second-order valence-electron chi connectivity index (χ2n) is 9.69. The van der Waals surface area contributed by atoms with Crippen LogP contribution in [0.3, 0.4) is 0 Å². The molecule has 9 rings (SSSR count). The Morgan fingerprint density at radius 2 is 1.43 bits per heavy atom. The summed E-state index contributed by atoms with van der Waals surface area (Å²) < 4.78 is 2.29. The topological polar surface area (TPSA) is 43.1 Å². The summed E-state index contributed by atoms with van der Waals surface area (Å²) >= 11 is 0. The second kappa shape index (κ2) is 6.10. The van der Waals surface area contributed by atoms with Gasteiger partial charge in [-0.15, -0.1) is 0 Å². The second-order valence-corrected chi connectivity index (χ2v) is 9.69. The summed E-state index contributed by atoms with van der Waals surface area (Å²) in [6, 6.07) is 26.4. The van der Waals surface area contributed by atoms with E-state index in [4.69, 9.17) is 15.0 Å². The standard InChI is InChI=1S/C31H18N4/c1-2-6-21-17(5-1)13-19-16-24-20(15-23(19)21)14-18-9-10-25-30(27(18)24)35-26-8-4-12-32-28(26)22-7-3-11-33-29(22)31(35)34-25/h1-12,15-16H,13-14H2. The normalized spacial score (nSPS) is 13.5. The van der Waals surface area contributed by atoms with Crippen LogP contribution in [0.15, 0.2) is 85.2 Å². The van der Waals surface area contributed by atoms with E-state index in [-0.39, 0.29) is 0 Å². The van der Waals surface area contributed by atoms with Crippen LogP contribution in [-0.2, 0) is 12.8 Å². The summed E-state index contributed by atoms with van der Waals surface area (Å²) in [7, 11) is 0. The zero-order valence-corrected chi connectivity index (χ0v) is 18.8. The Balaban J connectivity index is 1.43. The fourth-order valence-corrected chi connectivity index (χ4v) is 6.42. The fourth-order valence-electron chi connectivity index (χ4n) is 6.42. The molecule has 0 saturated heterocycles. The number of benzene rings is 3. The van der Waals surface area contributed by atoms with E-state index in [0.717, 1.165) is 51.5 Å². The zero-order valence-electron chi connectivity index (χ0n) is 18.8. The van der Waals surface area contributed by atoms with Gasteiger partial charge in [-0.2, -0.15) is 0 Å². The maximum atomic E-state index is 5.12. The third kappa shape index (κ3) is 2.15. The molecular weight excluding hydrogens is 428 g/mol. The van der Waals surface area contributed by atoms with Crippen LogP contribution in [-0.4, -0.2) is 19.4 Å². The van der Waals surface area contributed by atoms with Crippen LogP contribution >= 0.6 is 0 Å². The summed E-state index contributed by atoms with van der Waals surface area (Å²) in [5.74, 6) is 0. The van der Waals surface area contributed by atoms with Gasteiger partial charge in [0.2, 0.25) is 0 Å². The lowest BCUT2D eigenvalue weighted by Crippen LogP contribution is -1.95. The Kier molecular flexibility index (Phi) is 3.11. The molecule has 2 aliphatic rings. The predicted octanol–water partition coefficient (Wildman–Crippen LogP) is 6.73. The Labute approximate surface area is 200 Å². The van der Waals surface area contributed by atoms with Crippen LogP contribution in [0.25, 0.3) is 60.9 Å². The number of imidazole rings is 1. The molecule has 0 spiro atoms. The van der Waals surface area contributed by atoms with E-state index in [1.165, 1.54) is 44.5 Å². The minimum Gasteiger partial charge on any atom is -0.288 e. The van der Waals surface area contributed by atoms with Crippen molar-refractivity contribution in [1.82, 2.24) is 19.4 Å². The maximum absolute atomic E-state index is 5.12. The molecule has 2 aliphatic carbocycles. The Morgan fingerprint density at radius 1 is 0.629 bits per heavy atom. The highest BCUT2D eigenvalue weighted by atomic mass is 15.0. The van der Waals surface area contributed by atoms with Crippen molar-refractivity contribution < 1.29 is 0 Å². The van der Waals surface area contributed by atoms with Gasteiger partial charge in [-0.3, -0.25) is 14.4 Å². The molecule has 0 amide bonds. The van der Waals surface area contributed by atoms with Gasteiger partial charge in [0.15, 0.2) is 5.65 Å². The largest absolute Gasteiger partial charge is 0.288 e. The Bertz CT molecular complexity index is 2070. The first-order valence-electron chi connectivity index (χ1n) is 12.0. The van der Waals surface area contributed by atoms with Gasteiger partial charge in [-0.1, -0.05) is 30.3 Å². The van der Waals surface area contributed by atoms with E-state index in [1.54, 1.807) is 0 Å². The average Bonchev–Trinajstić information content (AvgIpc) is 3.58. The van der Waals surface area contributed by atoms with Crippen LogP contribution in [0.2, 0.25) is 0 Å². The first-order valence-corrected chi connectivity index (χ1v) is 12.0. The number of nitrogens with zero attached hydrogens (tertiary/aromatic N) is 4. The molecule has 0 N–H and O–H groups in total. The van der Waals surface area contributed by atoms with E-state index in [1.807, 2.05) is 24.5 Å². The van der Waals surface area contributed by atoms with Crippen LogP contribution in [0.5, 0.6) is 0 Å². The van der Waals surface area contributed by atoms with Gasteiger partial charge in [-0.05, 0) is 94.3 Å². The quantitative estimate of drug-likeness (QED) is 0.243. The molecule has 4 heterocycles. The van der Waals surface area contributed by atoms with E-state index in [0.29, 0.717) is 0 Å². The lowest BCUT2D eigenvalue weighted by atomic mass is 9.97. The first-order chi connectivity index (χ1) is 17.3. The van der Waals surface area contributed by atoms with Crippen LogP contribution in [0.1, 0.15) is 22.3 Å². The van der Waals surface area contributed by atoms with E-state index in [2.05, 4.69) is 65.1 Å². The van der Waals surface area contributed by atoms with Crippen molar-refractivity contribution in [3.63, 3.8) is 0 Å². The van der Waals surface area contributed by atoms with Crippen molar-refractivity contribution in [3.05, 3.63) is 107 Å². The molecule has 35 heavy (non-hydrogen) atoms. The molecule has 0 radical (unpaired) electrons. The number of hydrogen-bond donors (Lipinski definition) is 0. The van der Waals surface area contributed by atoms with Gasteiger partial charge in [0.05, 0.1) is 22.1 Å². The van der Waals surface area contributed by atoms with Crippen molar-refractivity contribution in [2.75, 3.05) is 0 Å². The van der Waals surface area contributed by atoms with Gasteiger partial charge in [0.1, 0.15) is 5.52 Å². The SMILES string of the molecule is c1ccc2c(c1)Cc1cc3c(cc1-2)Cc1ccc2nc4c5ncccc5c5ncccc5n4c2c1-3. The van der Waals surface area contributed by atoms with E-state index in [9.17, 15) is 0 Å². The summed E-state index contributed by atoms with van der Waals surface area (Å²) in [6.45, 7) is 0. The molecule has 4 nitrogen and oxygen atoms in total. The van der Waals surface area contributed by atoms with Gasteiger partial charge in [0.25, 0.3) is 0 Å². The third-order valence-corrected chi connectivity index (χ3v) is 7.87. The highest BCUT2D eigenvalue weighted by Gasteiger charge is 2.28. The fraction of sp³-hybridized carbons (Fsp3) is 0.0645. The van der Waals surface area contributed by atoms with Crippen molar-refractivity contribution in [2.24, 2.45) is 0 Å². The number of fused-ring (bicyclic) bond motifs is 15. The molecule has 7 aromatic rings. The van der Waals surface area contributed by atoms with Gasteiger partial charge in [0, 0.05) is 23.3 Å². The van der Waals surface area contributed by atoms with Gasteiger partial charge >= 0.3 is 0 Å². The number of hydrogen-bond acceptors (Lipinski definition) is 3. The minimum atomic E-state index is 0.895. The molecule has 4 aromatic heterocycles. The van der Waals surface area contributed by atoms with Crippen molar-refractivity contribution in [3.8, 4) is 22.3 Å². The summed E-state index contributed by atoms with van der Waals surface area (Å²) in [5.41, 5.74) is 17.0. The first kappa shape index (κ1) is 17.8. The van der Waals surface area contributed by atoms with Crippen LogP contribution in [0.4, 0.5) is 0 Å². The number of rotatable bonds is 0. The van der Waals surface area contributed by atoms with Crippen LogP contribution < -0.4 is 0 Å². The van der Waals surface area contributed by atoms with Gasteiger partial charge < -0.3 is 0 Å². The predicted molar refractivity (Wildman–Crippen MR) is 140 cm³/mol. The van der Waals surface area contributed by atoms with Crippen molar-refractivity contribution in [2.45, 2.75) is 12.8 Å². The molecule has 162 valence electrons. The molecule has 3 aromatic carbocycles. The molecule has 0 unspecified atom stereocenters. The summed E-state index contributed by atoms with van der Waals surface area (Å²) in [5, 5.41) is 1.04. The highest BCUT2D eigenvalue weighted by Crippen LogP contribution is 2.47. The lowest BCUT2D eigenvalue weighted by Gasteiger charge is -2.10. The van der Waals surface area contributed by atoms with E-state index >= 15 is 0 Å².